The molecule has 0 saturated carbocycles. The highest BCUT2D eigenvalue weighted by Gasteiger charge is 2.20. The van der Waals surface area contributed by atoms with Gasteiger partial charge in [-0.05, 0) is 34.1 Å². The highest BCUT2D eigenvalue weighted by atomic mass is 16.6. The summed E-state index contributed by atoms with van der Waals surface area (Å²) in [4.78, 5) is 32.0. The third-order valence-electron chi connectivity index (χ3n) is 3.93. The van der Waals surface area contributed by atoms with Gasteiger partial charge in [-0.15, -0.1) is 0 Å². The first-order valence-electron chi connectivity index (χ1n) is 8.59. The largest absolute Gasteiger partial charge is 0.444 e. The normalized spacial score (nSPS) is 11.5. The summed E-state index contributed by atoms with van der Waals surface area (Å²) in [6.45, 7) is 8.36. The van der Waals surface area contributed by atoms with E-state index in [2.05, 4.69) is 10.1 Å². The predicted octanol–water partition coefficient (Wildman–Crippen LogP) is 2.37. The Kier molecular flexibility index (Phi) is 5.84. The molecule has 0 unspecified atom stereocenters. The van der Waals surface area contributed by atoms with E-state index in [1.54, 1.807) is 42.0 Å². The number of hydrogen-bond acceptors (Lipinski definition) is 5. The molecule has 0 atom stereocenters. The molecule has 0 radical (unpaired) electrons. The molecule has 26 heavy (non-hydrogen) atoms. The monoisotopic (exact) mass is 361 g/mol. The van der Waals surface area contributed by atoms with E-state index in [0.29, 0.717) is 30.7 Å². The maximum absolute atomic E-state index is 12.7. The van der Waals surface area contributed by atoms with Crippen LogP contribution in [0.25, 0.3) is 5.65 Å². The van der Waals surface area contributed by atoms with Crippen molar-refractivity contribution in [3.8, 4) is 0 Å². The summed E-state index contributed by atoms with van der Waals surface area (Å²) in [5.74, 6) is -0.118. The predicted molar refractivity (Wildman–Crippen MR) is 98.2 cm³/mol. The van der Waals surface area contributed by atoms with Gasteiger partial charge in [-0.3, -0.25) is 4.79 Å². The van der Waals surface area contributed by atoms with Crippen molar-refractivity contribution in [3.05, 3.63) is 29.7 Å². The summed E-state index contributed by atoms with van der Waals surface area (Å²) in [5.41, 5.74) is 1.46. The highest BCUT2D eigenvalue weighted by Crippen LogP contribution is 2.12. The lowest BCUT2D eigenvalue weighted by molar-refractivity contribution is 0.0294. The van der Waals surface area contributed by atoms with Gasteiger partial charge in [0.2, 0.25) is 0 Å². The molecule has 2 aromatic heterocycles. The Hall–Kier alpha value is -2.64. The second kappa shape index (κ2) is 7.72. The lowest BCUT2D eigenvalue weighted by Gasteiger charge is -2.25. The molecule has 0 saturated heterocycles. The molecule has 0 aromatic carbocycles. The molecular formula is C18H27N5O3. The van der Waals surface area contributed by atoms with Gasteiger partial charge in [-0.2, -0.15) is 5.10 Å². The van der Waals surface area contributed by atoms with Crippen molar-refractivity contribution in [1.82, 2.24) is 24.4 Å². The quantitative estimate of drug-likeness (QED) is 0.817. The minimum atomic E-state index is -0.520. The molecule has 142 valence electrons. The van der Waals surface area contributed by atoms with Gasteiger partial charge < -0.3 is 14.5 Å². The van der Waals surface area contributed by atoms with Crippen LogP contribution in [0.4, 0.5) is 4.79 Å². The SMILES string of the molecule is Cc1c(C(=O)N(C)CCCN(C)C(=O)OC(C)(C)C)cnc2ccnn12. The van der Waals surface area contributed by atoms with Gasteiger partial charge in [-0.25, -0.2) is 14.3 Å². The van der Waals surface area contributed by atoms with Crippen LogP contribution in [0.2, 0.25) is 0 Å². The fraction of sp³-hybridized carbons (Fsp3) is 0.556. The highest BCUT2D eigenvalue weighted by molar-refractivity contribution is 5.95. The molecule has 0 fully saturated rings. The molecule has 0 N–H and O–H groups in total. The van der Waals surface area contributed by atoms with Crippen LogP contribution in [-0.4, -0.2) is 69.2 Å². The number of carbonyl (C=O) groups is 2. The van der Waals surface area contributed by atoms with Gasteiger partial charge in [-0.1, -0.05) is 0 Å². The smallest absolute Gasteiger partial charge is 0.410 e. The molecule has 2 rings (SSSR count). The Labute approximate surface area is 153 Å². The summed E-state index contributed by atoms with van der Waals surface area (Å²) < 4.78 is 6.96. The minimum Gasteiger partial charge on any atom is -0.444 e. The van der Waals surface area contributed by atoms with Gasteiger partial charge in [0.25, 0.3) is 5.91 Å². The van der Waals surface area contributed by atoms with Crippen LogP contribution >= 0.6 is 0 Å². The van der Waals surface area contributed by atoms with E-state index in [0.717, 1.165) is 5.69 Å². The summed E-state index contributed by atoms with van der Waals surface area (Å²) in [7, 11) is 3.43. The molecule has 0 bridgehead atoms. The zero-order valence-electron chi connectivity index (χ0n) is 16.3. The second-order valence-corrected chi connectivity index (χ2v) is 7.34. The first kappa shape index (κ1) is 19.7. The number of fused-ring (bicyclic) bond motifs is 1. The molecular weight excluding hydrogens is 334 g/mol. The Morgan fingerprint density at radius 2 is 1.85 bits per heavy atom. The Balaban J connectivity index is 1.91. The summed E-state index contributed by atoms with van der Waals surface area (Å²) in [5, 5.41) is 4.18. The zero-order chi connectivity index (χ0) is 19.5. The lowest BCUT2D eigenvalue weighted by Crippen LogP contribution is -2.36. The molecule has 0 spiro atoms. The van der Waals surface area contributed by atoms with E-state index < -0.39 is 5.60 Å². The number of hydrogen-bond donors (Lipinski definition) is 0. The van der Waals surface area contributed by atoms with E-state index in [9.17, 15) is 9.59 Å². The van der Waals surface area contributed by atoms with E-state index in [1.807, 2.05) is 27.7 Å². The van der Waals surface area contributed by atoms with Crippen molar-refractivity contribution in [2.75, 3.05) is 27.2 Å². The van der Waals surface area contributed by atoms with E-state index in [-0.39, 0.29) is 12.0 Å². The van der Waals surface area contributed by atoms with Crippen LogP contribution in [0.5, 0.6) is 0 Å². The molecule has 8 nitrogen and oxygen atoms in total. The number of aryl methyl sites for hydroxylation is 1. The van der Waals surface area contributed by atoms with Gasteiger partial charge in [0.05, 0.1) is 17.5 Å². The average molecular weight is 361 g/mol. The number of carbonyl (C=O) groups excluding carboxylic acids is 2. The summed E-state index contributed by atoms with van der Waals surface area (Å²) in [6, 6.07) is 1.79. The molecule has 2 aromatic rings. The zero-order valence-corrected chi connectivity index (χ0v) is 16.3. The number of ether oxygens (including phenoxy) is 1. The number of aromatic nitrogens is 3. The Morgan fingerprint density at radius 1 is 1.19 bits per heavy atom. The van der Waals surface area contributed by atoms with Crippen LogP contribution in [0, 0.1) is 6.92 Å². The van der Waals surface area contributed by atoms with Gasteiger partial charge in [0, 0.05) is 39.4 Å². The fourth-order valence-electron chi connectivity index (χ4n) is 2.48. The third kappa shape index (κ3) is 4.71. The second-order valence-electron chi connectivity index (χ2n) is 7.34. The minimum absolute atomic E-state index is 0.118. The number of nitrogens with zero attached hydrogens (tertiary/aromatic N) is 5. The van der Waals surface area contributed by atoms with E-state index >= 15 is 0 Å². The van der Waals surface area contributed by atoms with Crippen LogP contribution < -0.4 is 0 Å². The molecule has 0 aliphatic carbocycles. The first-order chi connectivity index (χ1) is 12.1. The lowest BCUT2D eigenvalue weighted by atomic mass is 10.2. The van der Waals surface area contributed by atoms with Crippen LogP contribution in [0.1, 0.15) is 43.2 Å². The van der Waals surface area contributed by atoms with Crippen LogP contribution in [-0.2, 0) is 4.74 Å². The third-order valence-corrected chi connectivity index (χ3v) is 3.93. The molecule has 0 aliphatic rings. The first-order valence-corrected chi connectivity index (χ1v) is 8.59. The van der Waals surface area contributed by atoms with Crippen molar-refractivity contribution in [3.63, 3.8) is 0 Å². The summed E-state index contributed by atoms with van der Waals surface area (Å²) in [6.07, 6.45) is 3.52. The van der Waals surface area contributed by atoms with Crippen molar-refractivity contribution in [2.24, 2.45) is 0 Å². The van der Waals surface area contributed by atoms with Crippen molar-refractivity contribution in [1.29, 1.82) is 0 Å². The van der Waals surface area contributed by atoms with Crippen molar-refractivity contribution < 1.29 is 14.3 Å². The standard InChI is InChI=1S/C18H27N5O3/c1-13-14(12-19-15-8-9-20-23(13)15)16(24)21(5)10-7-11-22(6)17(25)26-18(2,3)4/h8-9,12H,7,10-11H2,1-6H3. The van der Waals surface area contributed by atoms with Crippen LogP contribution in [0.15, 0.2) is 18.5 Å². The Morgan fingerprint density at radius 3 is 2.50 bits per heavy atom. The number of amides is 2. The molecule has 0 aliphatic heterocycles. The van der Waals surface area contributed by atoms with Crippen molar-refractivity contribution in [2.45, 2.75) is 39.7 Å². The van der Waals surface area contributed by atoms with Crippen LogP contribution in [0.3, 0.4) is 0 Å². The van der Waals surface area contributed by atoms with Crippen molar-refractivity contribution >= 4 is 17.6 Å². The average Bonchev–Trinajstić information content (AvgIpc) is 3.02. The molecule has 8 heteroatoms. The number of rotatable bonds is 5. The topological polar surface area (TPSA) is 80.0 Å². The molecule has 2 heterocycles. The maximum atomic E-state index is 12.7. The van der Waals surface area contributed by atoms with E-state index in [4.69, 9.17) is 4.74 Å². The van der Waals surface area contributed by atoms with E-state index in [1.165, 1.54) is 4.90 Å². The maximum Gasteiger partial charge on any atom is 0.410 e. The molecule has 2 amide bonds. The fourth-order valence-corrected chi connectivity index (χ4v) is 2.48. The van der Waals surface area contributed by atoms with Gasteiger partial charge in [0.15, 0.2) is 5.65 Å². The van der Waals surface area contributed by atoms with Gasteiger partial charge >= 0.3 is 6.09 Å². The summed E-state index contributed by atoms with van der Waals surface area (Å²) >= 11 is 0. The van der Waals surface area contributed by atoms with Gasteiger partial charge in [0.1, 0.15) is 5.60 Å². The Bertz CT molecular complexity index is 794.